The van der Waals surface area contributed by atoms with Crippen LogP contribution in [0.4, 0.5) is 4.79 Å². The summed E-state index contributed by atoms with van der Waals surface area (Å²) in [6, 6.07) is 6.00. The number of likely N-dealkylation sites (N-methyl/N-ethyl adjacent to an activating group) is 1. The van der Waals surface area contributed by atoms with Crippen LogP contribution < -0.4 is 10.6 Å². The molecule has 0 aromatic heterocycles. The average Bonchev–Trinajstić information content (AvgIpc) is 2.75. The number of carbonyl (C=O) groups excluding carboxylic acids is 3. The van der Waals surface area contributed by atoms with Gasteiger partial charge in [0, 0.05) is 18.3 Å². The van der Waals surface area contributed by atoms with E-state index in [-0.39, 0.29) is 23.6 Å². The maximum atomic E-state index is 13.6. The molecule has 1 aromatic rings. The minimum absolute atomic E-state index is 0.0827. The van der Waals surface area contributed by atoms with Crippen LogP contribution in [0.5, 0.6) is 0 Å². The lowest BCUT2D eigenvalue weighted by molar-refractivity contribution is -0.142. The van der Waals surface area contributed by atoms with Crippen molar-refractivity contribution in [2.24, 2.45) is 0 Å². The molecular formula is C25H39N3O4S. The summed E-state index contributed by atoms with van der Waals surface area (Å²) in [5, 5.41) is 5.80. The van der Waals surface area contributed by atoms with Gasteiger partial charge in [0.2, 0.25) is 11.8 Å². The fraction of sp³-hybridized carbons (Fsp3) is 0.640. The van der Waals surface area contributed by atoms with Crippen LogP contribution in [-0.2, 0) is 14.3 Å². The van der Waals surface area contributed by atoms with E-state index in [4.69, 9.17) is 4.74 Å². The van der Waals surface area contributed by atoms with Crippen molar-refractivity contribution in [2.75, 3.05) is 12.3 Å². The van der Waals surface area contributed by atoms with Gasteiger partial charge in [-0.15, -0.1) is 0 Å². The normalized spacial score (nSPS) is 16.4. The molecule has 2 rings (SSSR count). The van der Waals surface area contributed by atoms with Gasteiger partial charge >= 0.3 is 6.09 Å². The van der Waals surface area contributed by atoms with E-state index in [0.717, 1.165) is 36.8 Å². The number of nitrogens with one attached hydrogen (secondary N) is 2. The van der Waals surface area contributed by atoms with Crippen molar-refractivity contribution in [1.29, 1.82) is 0 Å². The van der Waals surface area contributed by atoms with Crippen molar-refractivity contribution >= 4 is 30.5 Å². The monoisotopic (exact) mass is 477 g/mol. The minimum atomic E-state index is -0.919. The van der Waals surface area contributed by atoms with Crippen LogP contribution in [0.2, 0.25) is 0 Å². The molecule has 0 radical (unpaired) electrons. The van der Waals surface area contributed by atoms with Gasteiger partial charge in [0.15, 0.2) is 0 Å². The van der Waals surface area contributed by atoms with E-state index >= 15 is 0 Å². The SMILES string of the molecule is CCN(C(=O)C(CS)NC(=O)OC(C)(C)C)C(C(=O)NC1CCCCC1)c1ccccc1C. The number of hydrogen-bond acceptors (Lipinski definition) is 5. The van der Waals surface area contributed by atoms with Crippen molar-refractivity contribution in [3.8, 4) is 0 Å². The molecule has 2 unspecified atom stereocenters. The van der Waals surface area contributed by atoms with E-state index in [0.29, 0.717) is 6.54 Å². The summed E-state index contributed by atoms with van der Waals surface area (Å²) < 4.78 is 5.31. The van der Waals surface area contributed by atoms with Gasteiger partial charge in [0.05, 0.1) is 0 Å². The summed E-state index contributed by atoms with van der Waals surface area (Å²) in [5.41, 5.74) is 1.01. The van der Waals surface area contributed by atoms with E-state index < -0.39 is 23.8 Å². The van der Waals surface area contributed by atoms with Crippen molar-refractivity contribution < 1.29 is 19.1 Å². The van der Waals surface area contributed by atoms with Gasteiger partial charge in [0.1, 0.15) is 17.7 Å². The molecule has 1 aromatic carbocycles. The number of rotatable bonds is 8. The number of aryl methyl sites for hydroxylation is 1. The first-order valence-electron chi connectivity index (χ1n) is 11.8. The lowest BCUT2D eigenvalue weighted by Crippen LogP contribution is -2.54. The molecule has 0 bridgehead atoms. The summed E-state index contributed by atoms with van der Waals surface area (Å²) in [7, 11) is 0. The summed E-state index contributed by atoms with van der Waals surface area (Å²) in [5.74, 6) is -0.480. The Kier molecular flexibility index (Phi) is 10.1. The predicted molar refractivity (Wildman–Crippen MR) is 133 cm³/mol. The van der Waals surface area contributed by atoms with E-state index in [1.165, 1.54) is 11.3 Å². The van der Waals surface area contributed by atoms with Gasteiger partial charge in [-0.2, -0.15) is 12.6 Å². The van der Waals surface area contributed by atoms with Gasteiger partial charge in [0.25, 0.3) is 0 Å². The molecule has 0 saturated heterocycles. The Morgan fingerprint density at radius 2 is 1.79 bits per heavy atom. The fourth-order valence-electron chi connectivity index (χ4n) is 4.17. The number of carbonyl (C=O) groups is 3. The highest BCUT2D eigenvalue weighted by molar-refractivity contribution is 7.80. The van der Waals surface area contributed by atoms with Crippen LogP contribution in [0.3, 0.4) is 0 Å². The maximum Gasteiger partial charge on any atom is 0.408 e. The summed E-state index contributed by atoms with van der Waals surface area (Å²) in [6.07, 6.45) is 4.59. The number of benzene rings is 1. The van der Waals surface area contributed by atoms with Gasteiger partial charge in [-0.3, -0.25) is 9.59 Å². The Hall–Kier alpha value is -2.22. The highest BCUT2D eigenvalue weighted by Crippen LogP contribution is 2.27. The van der Waals surface area contributed by atoms with E-state index in [9.17, 15) is 14.4 Å². The predicted octanol–water partition coefficient (Wildman–Crippen LogP) is 4.16. The van der Waals surface area contributed by atoms with Crippen LogP contribution in [0, 0.1) is 6.92 Å². The molecule has 8 heteroatoms. The molecular weight excluding hydrogens is 438 g/mol. The van der Waals surface area contributed by atoms with Gasteiger partial charge in [-0.05, 0) is 58.6 Å². The first-order valence-corrected chi connectivity index (χ1v) is 12.5. The minimum Gasteiger partial charge on any atom is -0.444 e. The highest BCUT2D eigenvalue weighted by Gasteiger charge is 2.36. The second kappa shape index (κ2) is 12.3. The largest absolute Gasteiger partial charge is 0.444 e. The Morgan fingerprint density at radius 3 is 2.33 bits per heavy atom. The fourth-order valence-corrected chi connectivity index (χ4v) is 4.42. The van der Waals surface area contributed by atoms with E-state index in [1.807, 2.05) is 38.1 Å². The third-order valence-electron chi connectivity index (χ3n) is 5.79. The molecule has 3 amide bonds. The topological polar surface area (TPSA) is 87.7 Å². The molecule has 2 N–H and O–H groups in total. The first kappa shape index (κ1) is 27.0. The second-order valence-corrected chi connectivity index (χ2v) is 9.97. The maximum absolute atomic E-state index is 13.6. The van der Waals surface area contributed by atoms with Crippen LogP contribution in [0.15, 0.2) is 24.3 Å². The van der Waals surface area contributed by atoms with Gasteiger partial charge in [-0.25, -0.2) is 4.79 Å². The van der Waals surface area contributed by atoms with Crippen molar-refractivity contribution in [3.63, 3.8) is 0 Å². The Labute approximate surface area is 203 Å². The molecule has 1 aliphatic carbocycles. The zero-order valence-electron chi connectivity index (χ0n) is 20.5. The molecule has 7 nitrogen and oxygen atoms in total. The number of hydrogen-bond donors (Lipinski definition) is 3. The lowest BCUT2D eigenvalue weighted by atomic mass is 9.94. The number of alkyl carbamates (subject to hydrolysis) is 1. The molecule has 1 fully saturated rings. The summed E-state index contributed by atoms with van der Waals surface area (Å²) in [6.45, 7) is 9.34. The first-order chi connectivity index (χ1) is 15.6. The number of amides is 3. The van der Waals surface area contributed by atoms with Crippen LogP contribution in [0.25, 0.3) is 0 Å². The lowest BCUT2D eigenvalue weighted by Gasteiger charge is -2.35. The zero-order chi connectivity index (χ0) is 24.6. The molecule has 1 saturated carbocycles. The van der Waals surface area contributed by atoms with E-state index in [1.54, 1.807) is 20.8 Å². The molecule has 0 heterocycles. The third-order valence-corrected chi connectivity index (χ3v) is 6.16. The molecule has 184 valence electrons. The average molecular weight is 478 g/mol. The van der Waals surface area contributed by atoms with Crippen LogP contribution in [-0.4, -0.2) is 52.8 Å². The van der Waals surface area contributed by atoms with Crippen LogP contribution >= 0.6 is 12.6 Å². The quantitative estimate of drug-likeness (QED) is 0.491. The number of thiol groups is 1. The number of ether oxygens (including phenoxy) is 1. The zero-order valence-corrected chi connectivity index (χ0v) is 21.4. The second-order valence-electron chi connectivity index (χ2n) is 9.61. The van der Waals surface area contributed by atoms with Crippen molar-refractivity contribution in [3.05, 3.63) is 35.4 Å². The van der Waals surface area contributed by atoms with Crippen molar-refractivity contribution in [2.45, 2.75) is 90.4 Å². The molecule has 2 atom stereocenters. The number of nitrogens with zero attached hydrogens (tertiary/aromatic N) is 1. The molecule has 1 aliphatic rings. The molecule has 0 aliphatic heterocycles. The molecule has 33 heavy (non-hydrogen) atoms. The van der Waals surface area contributed by atoms with Crippen LogP contribution in [0.1, 0.15) is 77.0 Å². The molecule has 0 spiro atoms. The summed E-state index contributed by atoms with van der Waals surface area (Å²) in [4.78, 5) is 41.0. The third kappa shape index (κ3) is 7.95. The standard InChI is InChI=1S/C25H39N3O4S/c1-6-28(23(30)20(16-33)27-24(31)32-25(3,4)5)21(19-15-11-10-12-17(19)2)22(29)26-18-13-8-7-9-14-18/h10-12,15,18,20-21,33H,6-9,13-14,16H2,1-5H3,(H,26,29)(H,27,31). The Morgan fingerprint density at radius 1 is 1.15 bits per heavy atom. The van der Waals surface area contributed by atoms with Gasteiger partial charge in [-0.1, -0.05) is 43.5 Å². The summed E-state index contributed by atoms with van der Waals surface area (Å²) >= 11 is 4.29. The van der Waals surface area contributed by atoms with Crippen molar-refractivity contribution in [1.82, 2.24) is 15.5 Å². The smallest absolute Gasteiger partial charge is 0.408 e. The van der Waals surface area contributed by atoms with E-state index in [2.05, 4.69) is 23.3 Å². The van der Waals surface area contributed by atoms with Gasteiger partial charge < -0.3 is 20.3 Å². The Balaban J connectivity index is 2.31. The Bertz CT molecular complexity index is 818. The highest BCUT2D eigenvalue weighted by atomic mass is 32.1.